The lowest BCUT2D eigenvalue weighted by atomic mass is 9.79. The second-order valence-electron chi connectivity index (χ2n) is 9.80. The number of ether oxygens (including phenoxy) is 1. The highest BCUT2D eigenvalue weighted by Gasteiger charge is 2.51. The molecule has 1 amide bonds. The molecule has 1 saturated carbocycles. The van der Waals surface area contributed by atoms with Crippen LogP contribution in [0, 0.1) is 5.92 Å². The summed E-state index contributed by atoms with van der Waals surface area (Å²) in [5, 5.41) is 7.85. The first-order chi connectivity index (χ1) is 15.1. The van der Waals surface area contributed by atoms with E-state index in [1.165, 1.54) is 36.8 Å². The van der Waals surface area contributed by atoms with Crippen molar-refractivity contribution in [3.63, 3.8) is 0 Å². The van der Waals surface area contributed by atoms with Gasteiger partial charge in [-0.15, -0.1) is 0 Å². The van der Waals surface area contributed by atoms with Gasteiger partial charge in [0.05, 0.1) is 12.6 Å². The van der Waals surface area contributed by atoms with Gasteiger partial charge in [0.25, 0.3) is 0 Å². The molecule has 2 aromatic rings. The molecule has 3 aliphatic heterocycles. The standard InChI is InChI=1S/C26H31N3O2/c1-29-22-12-16(23(31-2)14-20(22)19-13-21(19)25(29)30)15-27-24-9-8-18-10-11-26(24,28-18)17-6-4-3-5-7-17/h3-7,12,14,18-19,21,24,27-28H,8-11,13,15H2,1-2H3/t18-,19-,21-,24+,26+/m0/s1. The molecule has 2 bridgehead atoms. The summed E-state index contributed by atoms with van der Waals surface area (Å²) in [6.07, 6.45) is 5.77. The molecule has 6 rings (SSSR count). The van der Waals surface area contributed by atoms with E-state index in [1.807, 2.05) is 11.9 Å². The molecule has 2 aromatic carbocycles. The number of piperidine rings is 1. The van der Waals surface area contributed by atoms with Gasteiger partial charge in [-0.2, -0.15) is 0 Å². The zero-order chi connectivity index (χ0) is 21.2. The number of carbonyl (C=O) groups is 1. The van der Waals surface area contributed by atoms with E-state index >= 15 is 0 Å². The summed E-state index contributed by atoms with van der Waals surface area (Å²) < 4.78 is 5.79. The minimum absolute atomic E-state index is 0.000386. The zero-order valence-electron chi connectivity index (χ0n) is 18.4. The van der Waals surface area contributed by atoms with Gasteiger partial charge in [0.1, 0.15) is 5.75 Å². The molecule has 1 aliphatic carbocycles. The second kappa shape index (κ2) is 7.07. The van der Waals surface area contributed by atoms with Crippen molar-refractivity contribution in [3.8, 4) is 5.75 Å². The number of fused-ring (bicyclic) bond motifs is 5. The van der Waals surface area contributed by atoms with Crippen LogP contribution < -0.4 is 20.3 Å². The first-order valence-corrected chi connectivity index (χ1v) is 11.7. The lowest BCUT2D eigenvalue weighted by Crippen LogP contribution is -2.58. The lowest BCUT2D eigenvalue weighted by molar-refractivity contribution is -0.119. The van der Waals surface area contributed by atoms with Crippen molar-refractivity contribution in [1.29, 1.82) is 0 Å². The minimum atomic E-state index is -0.000386. The number of methoxy groups -OCH3 is 1. The van der Waals surface area contributed by atoms with Crippen LogP contribution in [0.5, 0.6) is 5.75 Å². The van der Waals surface area contributed by atoms with Crippen LogP contribution in [0.15, 0.2) is 42.5 Å². The van der Waals surface area contributed by atoms with E-state index in [0.717, 1.165) is 30.0 Å². The van der Waals surface area contributed by atoms with Crippen LogP contribution in [0.4, 0.5) is 5.69 Å². The van der Waals surface area contributed by atoms with Gasteiger partial charge in [0, 0.05) is 42.8 Å². The number of benzene rings is 2. The number of hydrogen-bond acceptors (Lipinski definition) is 4. The monoisotopic (exact) mass is 417 g/mol. The highest BCUT2D eigenvalue weighted by atomic mass is 16.5. The fourth-order valence-electron chi connectivity index (χ4n) is 6.41. The average Bonchev–Trinajstić information content (AvgIpc) is 3.54. The van der Waals surface area contributed by atoms with E-state index < -0.39 is 0 Å². The Balaban J connectivity index is 1.29. The minimum Gasteiger partial charge on any atom is -0.496 e. The summed E-state index contributed by atoms with van der Waals surface area (Å²) in [4.78, 5) is 14.4. The number of hydrogen-bond donors (Lipinski definition) is 2. The van der Waals surface area contributed by atoms with Crippen molar-refractivity contribution in [2.24, 2.45) is 5.92 Å². The molecule has 0 radical (unpaired) electrons. The molecule has 162 valence electrons. The molecule has 0 aromatic heterocycles. The Hall–Kier alpha value is -2.37. The smallest absolute Gasteiger partial charge is 0.230 e. The van der Waals surface area contributed by atoms with Gasteiger partial charge in [-0.05, 0) is 61.3 Å². The van der Waals surface area contributed by atoms with Crippen LogP contribution in [-0.4, -0.2) is 32.1 Å². The first kappa shape index (κ1) is 19.3. The maximum atomic E-state index is 12.6. The Bertz CT molecular complexity index is 1020. The number of rotatable bonds is 5. The Kier molecular flexibility index (Phi) is 4.41. The Morgan fingerprint density at radius 3 is 2.81 bits per heavy atom. The van der Waals surface area contributed by atoms with Crippen molar-refractivity contribution in [2.45, 2.75) is 62.2 Å². The Labute approximate surface area is 184 Å². The largest absolute Gasteiger partial charge is 0.496 e. The molecule has 2 N–H and O–H groups in total. The predicted octanol–water partition coefficient (Wildman–Crippen LogP) is 3.67. The van der Waals surface area contributed by atoms with Gasteiger partial charge in [-0.25, -0.2) is 0 Å². The molecule has 5 nitrogen and oxygen atoms in total. The quantitative estimate of drug-likeness (QED) is 0.779. The molecule has 5 atom stereocenters. The third-order valence-electron chi connectivity index (χ3n) is 8.20. The summed E-state index contributed by atoms with van der Waals surface area (Å²) in [5.41, 5.74) is 4.84. The number of nitrogens with one attached hydrogen (secondary N) is 2. The summed E-state index contributed by atoms with van der Waals surface area (Å²) in [6.45, 7) is 0.734. The molecular weight excluding hydrogens is 386 g/mol. The van der Waals surface area contributed by atoms with Crippen LogP contribution >= 0.6 is 0 Å². The van der Waals surface area contributed by atoms with Gasteiger partial charge in [-0.1, -0.05) is 30.3 Å². The third-order valence-corrected chi connectivity index (χ3v) is 8.20. The highest BCUT2D eigenvalue weighted by molar-refractivity contribution is 6.01. The van der Waals surface area contributed by atoms with E-state index in [2.05, 4.69) is 53.1 Å². The molecule has 5 heteroatoms. The van der Waals surface area contributed by atoms with E-state index in [4.69, 9.17) is 4.74 Å². The van der Waals surface area contributed by atoms with Crippen LogP contribution in [0.3, 0.4) is 0 Å². The molecule has 4 aliphatic rings. The lowest BCUT2D eigenvalue weighted by Gasteiger charge is -2.43. The fourth-order valence-corrected chi connectivity index (χ4v) is 6.41. The summed E-state index contributed by atoms with van der Waals surface area (Å²) in [5.74, 6) is 1.76. The van der Waals surface area contributed by atoms with Crippen molar-refractivity contribution in [3.05, 3.63) is 59.2 Å². The van der Waals surface area contributed by atoms with Crippen LogP contribution in [-0.2, 0) is 16.9 Å². The third kappa shape index (κ3) is 2.94. The van der Waals surface area contributed by atoms with Crippen molar-refractivity contribution < 1.29 is 9.53 Å². The van der Waals surface area contributed by atoms with E-state index in [9.17, 15) is 4.79 Å². The van der Waals surface area contributed by atoms with Crippen LogP contribution in [0.2, 0.25) is 0 Å². The average molecular weight is 418 g/mol. The second-order valence-corrected chi connectivity index (χ2v) is 9.80. The predicted molar refractivity (Wildman–Crippen MR) is 121 cm³/mol. The van der Waals surface area contributed by atoms with Crippen LogP contribution in [0.1, 0.15) is 54.7 Å². The van der Waals surface area contributed by atoms with Crippen molar-refractivity contribution in [2.75, 3.05) is 19.1 Å². The van der Waals surface area contributed by atoms with Gasteiger partial charge >= 0.3 is 0 Å². The number of carbonyl (C=O) groups excluding carboxylic acids is 1. The van der Waals surface area contributed by atoms with Crippen LogP contribution in [0.25, 0.3) is 0 Å². The molecule has 3 heterocycles. The molecule has 31 heavy (non-hydrogen) atoms. The SMILES string of the molecule is COc1cc2c(cc1CN[C@@H]1CC[C@H]3CC[C@]1(c1ccccc1)N3)N(C)C(=O)[C@H]1C[C@@H]21. The van der Waals surface area contributed by atoms with Gasteiger partial charge in [0.2, 0.25) is 5.91 Å². The Morgan fingerprint density at radius 1 is 1.16 bits per heavy atom. The molecule has 0 spiro atoms. The highest BCUT2D eigenvalue weighted by Crippen LogP contribution is 2.56. The van der Waals surface area contributed by atoms with E-state index in [0.29, 0.717) is 18.0 Å². The first-order valence-electron chi connectivity index (χ1n) is 11.7. The van der Waals surface area contributed by atoms with Crippen molar-refractivity contribution >= 4 is 11.6 Å². The summed E-state index contributed by atoms with van der Waals surface area (Å²) >= 11 is 0. The maximum Gasteiger partial charge on any atom is 0.230 e. The molecule has 3 fully saturated rings. The van der Waals surface area contributed by atoms with Gasteiger partial charge < -0.3 is 20.3 Å². The van der Waals surface area contributed by atoms with E-state index in [1.54, 1.807) is 7.11 Å². The summed E-state index contributed by atoms with van der Waals surface area (Å²) in [7, 11) is 3.66. The maximum absolute atomic E-state index is 12.6. The van der Waals surface area contributed by atoms with Gasteiger partial charge in [-0.3, -0.25) is 4.79 Å². The molecular formula is C26H31N3O2. The molecule has 0 unspecified atom stereocenters. The molecule has 2 saturated heterocycles. The number of nitrogens with zero attached hydrogens (tertiary/aromatic N) is 1. The summed E-state index contributed by atoms with van der Waals surface area (Å²) in [6, 6.07) is 16.3. The zero-order valence-corrected chi connectivity index (χ0v) is 18.4. The number of anilines is 1. The number of amides is 1. The van der Waals surface area contributed by atoms with E-state index in [-0.39, 0.29) is 17.4 Å². The van der Waals surface area contributed by atoms with Crippen molar-refractivity contribution in [1.82, 2.24) is 10.6 Å². The van der Waals surface area contributed by atoms with Gasteiger partial charge in [0.15, 0.2) is 0 Å². The topological polar surface area (TPSA) is 53.6 Å². The Morgan fingerprint density at radius 2 is 2.00 bits per heavy atom. The normalized spacial score (nSPS) is 33.1. The fraction of sp³-hybridized carbons (Fsp3) is 0.500.